The summed E-state index contributed by atoms with van der Waals surface area (Å²) in [5.74, 6) is 0.468. The SMILES string of the molecule is CN1CCc2c(cnn2-c2cc(Cc3cccc(C(F)(F)F)c3)ccn2)C1=O. The van der Waals surface area contributed by atoms with Crippen LogP contribution in [0.4, 0.5) is 13.2 Å². The number of hydrogen-bond donors (Lipinski definition) is 0. The number of carbonyl (C=O) groups is 1. The molecule has 0 spiro atoms. The van der Waals surface area contributed by atoms with Gasteiger partial charge in [-0.1, -0.05) is 18.2 Å². The fraction of sp³-hybridized carbons (Fsp3) is 0.250. The molecule has 0 radical (unpaired) electrons. The lowest BCUT2D eigenvalue weighted by Crippen LogP contribution is -2.34. The smallest absolute Gasteiger partial charge is 0.341 e. The van der Waals surface area contributed by atoms with Gasteiger partial charge in [0.2, 0.25) is 0 Å². The van der Waals surface area contributed by atoms with Gasteiger partial charge in [-0.05, 0) is 35.7 Å². The van der Waals surface area contributed by atoms with Gasteiger partial charge in [0, 0.05) is 26.2 Å². The first-order valence-electron chi connectivity index (χ1n) is 8.77. The van der Waals surface area contributed by atoms with Gasteiger partial charge in [0.15, 0.2) is 5.82 Å². The molecule has 1 aliphatic heterocycles. The van der Waals surface area contributed by atoms with E-state index in [1.165, 1.54) is 12.3 Å². The van der Waals surface area contributed by atoms with Crippen molar-refractivity contribution in [3.8, 4) is 5.82 Å². The second-order valence-electron chi connectivity index (χ2n) is 6.79. The Labute approximate surface area is 159 Å². The first kappa shape index (κ1) is 18.2. The number of carbonyl (C=O) groups excluding carboxylic acids is 1. The van der Waals surface area contributed by atoms with E-state index in [0.717, 1.165) is 23.4 Å². The number of amides is 1. The molecule has 144 valence electrons. The molecule has 3 aromatic rings. The molecule has 0 fully saturated rings. The lowest BCUT2D eigenvalue weighted by atomic mass is 10.0. The van der Waals surface area contributed by atoms with Crippen LogP contribution in [-0.2, 0) is 19.0 Å². The molecule has 0 N–H and O–H groups in total. The van der Waals surface area contributed by atoms with Crippen LogP contribution < -0.4 is 0 Å². The van der Waals surface area contributed by atoms with E-state index in [4.69, 9.17) is 0 Å². The van der Waals surface area contributed by atoms with Crippen molar-refractivity contribution in [1.82, 2.24) is 19.7 Å². The van der Waals surface area contributed by atoms with Crippen molar-refractivity contribution in [1.29, 1.82) is 0 Å². The van der Waals surface area contributed by atoms with E-state index in [-0.39, 0.29) is 5.91 Å². The zero-order valence-electron chi connectivity index (χ0n) is 15.1. The highest BCUT2D eigenvalue weighted by atomic mass is 19.4. The molecular weight excluding hydrogens is 369 g/mol. The molecule has 1 aliphatic rings. The number of benzene rings is 1. The minimum absolute atomic E-state index is 0.0763. The molecule has 0 atom stereocenters. The van der Waals surface area contributed by atoms with Crippen LogP contribution in [-0.4, -0.2) is 39.2 Å². The van der Waals surface area contributed by atoms with E-state index in [2.05, 4.69) is 10.1 Å². The zero-order valence-corrected chi connectivity index (χ0v) is 15.1. The molecule has 1 aromatic carbocycles. The summed E-state index contributed by atoms with van der Waals surface area (Å²) in [5, 5.41) is 4.31. The molecule has 4 rings (SSSR count). The number of hydrogen-bond acceptors (Lipinski definition) is 3. The summed E-state index contributed by atoms with van der Waals surface area (Å²) in [6.45, 7) is 0.599. The quantitative estimate of drug-likeness (QED) is 0.692. The zero-order chi connectivity index (χ0) is 19.9. The van der Waals surface area contributed by atoms with Gasteiger partial charge in [-0.15, -0.1) is 0 Å². The van der Waals surface area contributed by atoms with Crippen molar-refractivity contribution in [2.75, 3.05) is 13.6 Å². The number of fused-ring (bicyclic) bond motifs is 1. The molecule has 0 aliphatic carbocycles. The molecule has 8 heteroatoms. The summed E-state index contributed by atoms with van der Waals surface area (Å²) in [4.78, 5) is 18.2. The van der Waals surface area contributed by atoms with Crippen molar-refractivity contribution >= 4 is 5.91 Å². The summed E-state index contributed by atoms with van der Waals surface area (Å²) >= 11 is 0. The molecule has 0 bridgehead atoms. The third-order valence-corrected chi connectivity index (χ3v) is 4.82. The lowest BCUT2D eigenvalue weighted by molar-refractivity contribution is -0.137. The number of likely N-dealkylation sites (N-methyl/N-ethyl adjacent to an activating group) is 1. The van der Waals surface area contributed by atoms with Crippen LogP contribution >= 0.6 is 0 Å². The Morgan fingerprint density at radius 3 is 2.71 bits per heavy atom. The maximum atomic E-state index is 12.9. The summed E-state index contributed by atoms with van der Waals surface area (Å²) in [5.41, 5.74) is 2.06. The average molecular weight is 386 g/mol. The normalized spacial score (nSPS) is 14.3. The van der Waals surface area contributed by atoms with Crippen molar-refractivity contribution < 1.29 is 18.0 Å². The molecule has 0 saturated heterocycles. The van der Waals surface area contributed by atoms with Gasteiger partial charge >= 0.3 is 6.18 Å². The van der Waals surface area contributed by atoms with Gasteiger partial charge in [0.25, 0.3) is 5.91 Å². The van der Waals surface area contributed by atoms with Crippen LogP contribution in [0.3, 0.4) is 0 Å². The Hall–Kier alpha value is -3.16. The van der Waals surface area contributed by atoms with Crippen molar-refractivity contribution in [2.24, 2.45) is 0 Å². The average Bonchev–Trinajstić information content (AvgIpc) is 3.09. The number of aromatic nitrogens is 3. The van der Waals surface area contributed by atoms with Gasteiger partial charge < -0.3 is 4.90 Å². The molecule has 28 heavy (non-hydrogen) atoms. The molecular formula is C20H17F3N4O. The maximum absolute atomic E-state index is 12.9. The lowest BCUT2D eigenvalue weighted by Gasteiger charge is -2.22. The Kier molecular flexibility index (Phi) is 4.41. The van der Waals surface area contributed by atoms with Gasteiger partial charge in [-0.25, -0.2) is 9.67 Å². The van der Waals surface area contributed by atoms with Crippen molar-refractivity contribution in [3.05, 3.63) is 76.7 Å². The fourth-order valence-electron chi connectivity index (χ4n) is 3.35. The Bertz CT molecular complexity index is 1040. The number of nitrogens with zero attached hydrogens (tertiary/aromatic N) is 4. The van der Waals surface area contributed by atoms with Crippen molar-refractivity contribution in [3.63, 3.8) is 0 Å². The Morgan fingerprint density at radius 2 is 1.93 bits per heavy atom. The van der Waals surface area contributed by atoms with Gasteiger partial charge in [0.1, 0.15) is 0 Å². The van der Waals surface area contributed by atoms with E-state index < -0.39 is 11.7 Å². The van der Waals surface area contributed by atoms with E-state index >= 15 is 0 Å². The second kappa shape index (κ2) is 6.78. The van der Waals surface area contributed by atoms with Crippen LogP contribution in [0.5, 0.6) is 0 Å². The molecule has 0 unspecified atom stereocenters. The van der Waals surface area contributed by atoms with Gasteiger partial charge in [0.05, 0.1) is 23.0 Å². The van der Waals surface area contributed by atoms with Crippen LogP contribution in [0.25, 0.3) is 5.82 Å². The molecule has 0 saturated carbocycles. The molecule has 3 heterocycles. The fourth-order valence-corrected chi connectivity index (χ4v) is 3.35. The van der Waals surface area contributed by atoms with Crippen LogP contribution in [0.15, 0.2) is 48.8 Å². The minimum atomic E-state index is -4.37. The number of rotatable bonds is 3. The summed E-state index contributed by atoms with van der Waals surface area (Å²) < 4.78 is 40.4. The van der Waals surface area contributed by atoms with Crippen LogP contribution in [0.2, 0.25) is 0 Å². The number of pyridine rings is 1. The van der Waals surface area contributed by atoms with Crippen LogP contribution in [0, 0.1) is 0 Å². The third kappa shape index (κ3) is 3.37. The predicted octanol–water partition coefficient (Wildman–Crippen LogP) is 3.51. The highest BCUT2D eigenvalue weighted by Gasteiger charge is 2.30. The van der Waals surface area contributed by atoms with Crippen molar-refractivity contribution in [2.45, 2.75) is 19.0 Å². The van der Waals surface area contributed by atoms with E-state index in [0.29, 0.717) is 36.3 Å². The van der Waals surface area contributed by atoms with Gasteiger partial charge in [-0.2, -0.15) is 18.3 Å². The minimum Gasteiger partial charge on any atom is -0.341 e. The monoisotopic (exact) mass is 386 g/mol. The van der Waals surface area contributed by atoms with E-state index in [1.54, 1.807) is 41.0 Å². The largest absolute Gasteiger partial charge is 0.416 e. The number of alkyl halides is 3. The summed E-state index contributed by atoms with van der Waals surface area (Å²) in [7, 11) is 1.75. The van der Waals surface area contributed by atoms with Gasteiger partial charge in [-0.3, -0.25) is 4.79 Å². The molecule has 1 amide bonds. The topological polar surface area (TPSA) is 51.0 Å². The highest BCUT2D eigenvalue weighted by molar-refractivity contribution is 5.96. The van der Waals surface area contributed by atoms with E-state index in [1.807, 2.05) is 0 Å². The summed E-state index contributed by atoms with van der Waals surface area (Å²) in [6, 6.07) is 8.84. The summed E-state index contributed by atoms with van der Waals surface area (Å²) in [6.07, 6.45) is -0.230. The predicted molar refractivity (Wildman–Crippen MR) is 96.3 cm³/mol. The first-order valence-corrected chi connectivity index (χ1v) is 8.77. The second-order valence-corrected chi connectivity index (χ2v) is 6.79. The van der Waals surface area contributed by atoms with Crippen LogP contribution in [0.1, 0.15) is 32.7 Å². The number of halogens is 3. The Morgan fingerprint density at radius 1 is 1.14 bits per heavy atom. The molecule has 2 aromatic heterocycles. The third-order valence-electron chi connectivity index (χ3n) is 4.82. The first-order chi connectivity index (χ1) is 13.3. The van der Waals surface area contributed by atoms with E-state index in [9.17, 15) is 18.0 Å². The Balaban J connectivity index is 1.63. The highest BCUT2D eigenvalue weighted by Crippen LogP contribution is 2.30. The maximum Gasteiger partial charge on any atom is 0.416 e. The molecule has 5 nitrogen and oxygen atoms in total. The standard InChI is InChI=1S/C20H17F3N4O/c1-26-8-6-17-16(19(26)28)12-25-27(17)18-11-14(5-7-24-18)9-13-3-2-4-15(10-13)20(21,22)23/h2-5,7,10-12H,6,8-9H2,1H3.